The fourth-order valence-corrected chi connectivity index (χ4v) is 5.46. The number of H-pyrrole nitrogens is 1. The van der Waals surface area contributed by atoms with E-state index < -0.39 is 16.7 Å². The van der Waals surface area contributed by atoms with Crippen LogP contribution in [0.4, 0.5) is 5.69 Å². The number of rotatable bonds is 6. The first-order valence-corrected chi connectivity index (χ1v) is 12.9. The second kappa shape index (κ2) is 9.85. The lowest BCUT2D eigenvalue weighted by Gasteiger charge is -2.26. The van der Waals surface area contributed by atoms with Crippen LogP contribution in [0.25, 0.3) is 10.9 Å². The quantitative estimate of drug-likeness (QED) is 0.361. The van der Waals surface area contributed by atoms with Crippen molar-refractivity contribution in [3.63, 3.8) is 0 Å². The summed E-state index contributed by atoms with van der Waals surface area (Å²) in [4.78, 5) is 21.8. The van der Waals surface area contributed by atoms with Gasteiger partial charge >= 0.3 is 0 Å². The summed E-state index contributed by atoms with van der Waals surface area (Å²) < 4.78 is 11.6. The number of fused-ring (bicyclic) bond motifs is 1. The monoisotopic (exact) mass is 486 g/mol. The molecule has 0 spiro atoms. The van der Waals surface area contributed by atoms with Gasteiger partial charge in [-0.25, -0.2) is 4.99 Å². The first-order chi connectivity index (χ1) is 17.0. The van der Waals surface area contributed by atoms with Gasteiger partial charge in [-0.3, -0.25) is 13.9 Å². The number of aromatic hydroxyl groups is 1. The molecule has 3 aromatic carbocycles. The lowest BCUT2D eigenvalue weighted by Crippen LogP contribution is -2.37. The van der Waals surface area contributed by atoms with E-state index in [1.165, 1.54) is 5.56 Å². The van der Waals surface area contributed by atoms with E-state index >= 15 is 0 Å². The Morgan fingerprint density at radius 3 is 2.40 bits per heavy atom. The topological polar surface area (TPSA) is 112 Å². The number of primary amides is 1. The minimum atomic E-state index is -0.684. The maximum atomic E-state index is 11.6. The van der Waals surface area contributed by atoms with Gasteiger partial charge in [0.15, 0.2) is 5.88 Å². The van der Waals surface area contributed by atoms with E-state index in [4.69, 9.17) is 10.7 Å². The zero-order valence-corrected chi connectivity index (χ0v) is 19.9. The number of aromatic nitrogens is 1. The lowest BCUT2D eigenvalue weighted by molar-refractivity contribution is 0.100. The number of amides is 1. The zero-order valence-electron chi connectivity index (χ0n) is 19.1. The maximum Gasteiger partial charge on any atom is 0.248 e. The third-order valence-corrected chi connectivity index (χ3v) is 7.48. The largest absolute Gasteiger partial charge is 0.494 e. The first kappa shape index (κ1) is 23.0. The average molecular weight is 487 g/mol. The lowest BCUT2D eigenvalue weighted by atomic mass is 10.00. The van der Waals surface area contributed by atoms with E-state index in [1.54, 1.807) is 18.2 Å². The Kier molecular flexibility index (Phi) is 6.48. The summed E-state index contributed by atoms with van der Waals surface area (Å²) in [6.45, 7) is 2.52. The Bertz CT molecular complexity index is 1420. The van der Waals surface area contributed by atoms with Crippen LogP contribution < -0.4 is 5.73 Å². The molecule has 178 valence electrons. The van der Waals surface area contributed by atoms with Crippen LogP contribution in [-0.2, 0) is 17.3 Å². The highest BCUT2D eigenvalue weighted by Gasteiger charge is 2.20. The van der Waals surface area contributed by atoms with E-state index in [0.717, 1.165) is 47.8 Å². The number of nitrogens with two attached hydrogens (primary N) is 1. The van der Waals surface area contributed by atoms with Crippen LogP contribution in [0, 0.1) is 0 Å². The van der Waals surface area contributed by atoms with Crippen LogP contribution in [0.2, 0.25) is 0 Å². The molecule has 1 fully saturated rings. The van der Waals surface area contributed by atoms with Gasteiger partial charge in [0.25, 0.3) is 0 Å². The smallest absolute Gasteiger partial charge is 0.248 e. The standard InChI is InChI=1S/C27H26N4O3S/c28-26(32)20-8-11-22-23(16-20)30-27(33)24(22)25(19-4-2-1-3-5-19)29-21-9-6-18(7-10-21)17-31-12-14-35(34)15-13-31/h1-11,16,30,33H,12-15,17H2,(H2,28,32). The molecule has 2 heterocycles. The third kappa shape index (κ3) is 5.03. The molecule has 4 aromatic rings. The van der Waals surface area contributed by atoms with Crippen LogP contribution in [-0.4, -0.2) is 55.4 Å². The molecule has 1 amide bonds. The highest BCUT2D eigenvalue weighted by atomic mass is 32.2. The van der Waals surface area contributed by atoms with Crippen LogP contribution in [0.15, 0.2) is 77.8 Å². The van der Waals surface area contributed by atoms with Crippen molar-refractivity contribution >= 4 is 39.0 Å². The van der Waals surface area contributed by atoms with Gasteiger partial charge in [-0.2, -0.15) is 0 Å². The molecule has 1 aromatic heterocycles. The second-order valence-corrected chi connectivity index (χ2v) is 10.3. The number of hydrogen-bond donors (Lipinski definition) is 3. The average Bonchev–Trinajstić information content (AvgIpc) is 3.20. The van der Waals surface area contributed by atoms with E-state index in [2.05, 4.69) is 22.0 Å². The number of hydrogen-bond acceptors (Lipinski definition) is 5. The van der Waals surface area contributed by atoms with Crippen molar-refractivity contribution in [1.82, 2.24) is 9.88 Å². The summed E-state index contributed by atoms with van der Waals surface area (Å²) in [5, 5.41) is 11.6. The van der Waals surface area contributed by atoms with E-state index in [-0.39, 0.29) is 5.88 Å². The molecule has 0 atom stereocenters. The number of nitrogens with one attached hydrogen (secondary N) is 1. The van der Waals surface area contributed by atoms with Gasteiger partial charge in [0.05, 0.1) is 17.0 Å². The van der Waals surface area contributed by atoms with Gasteiger partial charge in [-0.05, 0) is 29.8 Å². The number of aromatic amines is 1. The normalized spacial score (nSPS) is 15.5. The van der Waals surface area contributed by atoms with Crippen molar-refractivity contribution in [2.75, 3.05) is 24.6 Å². The van der Waals surface area contributed by atoms with Gasteiger partial charge in [0.2, 0.25) is 5.91 Å². The van der Waals surface area contributed by atoms with Crippen LogP contribution in [0.1, 0.15) is 27.0 Å². The molecule has 4 N–H and O–H groups in total. The number of aliphatic imine (C=N–C) groups is 1. The fraction of sp³-hybridized carbons (Fsp3) is 0.185. The molecule has 35 heavy (non-hydrogen) atoms. The fourth-order valence-electron chi connectivity index (χ4n) is 4.33. The summed E-state index contributed by atoms with van der Waals surface area (Å²) in [5.74, 6) is 0.913. The molecule has 1 aliphatic rings. The summed E-state index contributed by atoms with van der Waals surface area (Å²) in [6, 6.07) is 22.8. The van der Waals surface area contributed by atoms with Crippen molar-refractivity contribution < 1.29 is 14.1 Å². The molecule has 8 heteroatoms. The number of carbonyl (C=O) groups is 1. The molecular formula is C27H26N4O3S. The van der Waals surface area contributed by atoms with Crippen molar-refractivity contribution in [3.05, 3.63) is 95.1 Å². The SMILES string of the molecule is NC(=O)c1ccc2c(C(=Nc3ccc(CN4CCS(=O)CC4)cc3)c3ccccc3)c(O)[nH]c2c1. The summed E-state index contributed by atoms with van der Waals surface area (Å²) >= 11 is 0. The Balaban J connectivity index is 1.51. The first-order valence-electron chi connectivity index (χ1n) is 11.4. The van der Waals surface area contributed by atoms with E-state index in [1.807, 2.05) is 42.5 Å². The molecular weight excluding hydrogens is 460 g/mol. The Hall–Kier alpha value is -3.75. The predicted octanol–water partition coefficient (Wildman–Crippen LogP) is 3.71. The predicted molar refractivity (Wildman–Crippen MR) is 140 cm³/mol. The van der Waals surface area contributed by atoms with Crippen LogP contribution in [0.5, 0.6) is 5.88 Å². The summed E-state index contributed by atoms with van der Waals surface area (Å²) in [6.07, 6.45) is 0. The summed E-state index contributed by atoms with van der Waals surface area (Å²) in [5.41, 5.74) is 10.4. The molecule has 7 nitrogen and oxygen atoms in total. The van der Waals surface area contributed by atoms with Crippen molar-refractivity contribution in [3.8, 4) is 5.88 Å². The Labute approximate surface area is 205 Å². The van der Waals surface area contributed by atoms with Crippen molar-refractivity contribution in [1.29, 1.82) is 0 Å². The van der Waals surface area contributed by atoms with Gasteiger partial charge in [0, 0.05) is 64.0 Å². The van der Waals surface area contributed by atoms with Crippen molar-refractivity contribution in [2.45, 2.75) is 6.54 Å². The Morgan fingerprint density at radius 1 is 1.00 bits per heavy atom. The minimum Gasteiger partial charge on any atom is -0.494 e. The third-order valence-electron chi connectivity index (χ3n) is 6.20. The second-order valence-electron chi connectivity index (χ2n) is 8.59. The maximum absolute atomic E-state index is 11.6. The van der Waals surface area contributed by atoms with E-state index in [9.17, 15) is 14.1 Å². The van der Waals surface area contributed by atoms with E-state index in [0.29, 0.717) is 22.4 Å². The van der Waals surface area contributed by atoms with Gasteiger partial charge in [0.1, 0.15) is 0 Å². The molecule has 0 radical (unpaired) electrons. The van der Waals surface area contributed by atoms with Crippen molar-refractivity contribution in [2.24, 2.45) is 10.7 Å². The van der Waals surface area contributed by atoms with Gasteiger partial charge in [-0.15, -0.1) is 0 Å². The van der Waals surface area contributed by atoms with Crippen LogP contribution in [0.3, 0.4) is 0 Å². The zero-order chi connectivity index (χ0) is 24.4. The van der Waals surface area contributed by atoms with Gasteiger partial charge < -0.3 is 15.8 Å². The number of nitrogens with zero attached hydrogens (tertiary/aromatic N) is 2. The van der Waals surface area contributed by atoms with Crippen LogP contribution >= 0.6 is 0 Å². The molecule has 0 saturated carbocycles. The van der Waals surface area contributed by atoms with Gasteiger partial charge in [-0.1, -0.05) is 48.5 Å². The highest BCUT2D eigenvalue weighted by Crippen LogP contribution is 2.32. The molecule has 5 rings (SSSR count). The number of carbonyl (C=O) groups excluding carboxylic acids is 1. The molecule has 0 bridgehead atoms. The molecule has 0 aliphatic carbocycles. The minimum absolute atomic E-state index is 0.0247. The highest BCUT2D eigenvalue weighted by molar-refractivity contribution is 7.85. The molecule has 1 aliphatic heterocycles. The number of benzene rings is 3. The molecule has 1 saturated heterocycles. The Morgan fingerprint density at radius 2 is 1.71 bits per heavy atom. The summed E-state index contributed by atoms with van der Waals surface area (Å²) in [7, 11) is -0.684. The molecule has 0 unspecified atom stereocenters.